The van der Waals surface area contributed by atoms with E-state index >= 15 is 0 Å². The molecule has 0 spiro atoms. The Morgan fingerprint density at radius 3 is 2.32 bits per heavy atom. The molecule has 0 aromatic heterocycles. The van der Waals surface area contributed by atoms with Crippen LogP contribution in [-0.2, 0) is 0 Å². The highest BCUT2D eigenvalue weighted by atomic mass is 16.1. The maximum atomic E-state index is 12.4. The molecule has 0 saturated carbocycles. The number of carbonyl (C=O) groups is 1. The van der Waals surface area contributed by atoms with Crippen molar-refractivity contribution in [3.8, 4) is 0 Å². The summed E-state index contributed by atoms with van der Waals surface area (Å²) in [6.07, 6.45) is 0. The predicted octanol–water partition coefficient (Wildman–Crippen LogP) is 4.77. The second-order valence-electron chi connectivity index (χ2n) is 6.24. The number of nitrogens with one attached hydrogen (secondary N) is 1. The van der Waals surface area contributed by atoms with Gasteiger partial charge in [0.05, 0.1) is 0 Å². The zero-order valence-electron chi connectivity index (χ0n) is 13.7. The van der Waals surface area contributed by atoms with Crippen molar-refractivity contribution >= 4 is 17.3 Å². The van der Waals surface area contributed by atoms with Crippen LogP contribution in [0.2, 0.25) is 0 Å². The van der Waals surface area contributed by atoms with Gasteiger partial charge in [-0.1, -0.05) is 45.9 Å². The molecule has 0 aliphatic carbocycles. The van der Waals surface area contributed by atoms with E-state index in [2.05, 4.69) is 45.1 Å². The summed E-state index contributed by atoms with van der Waals surface area (Å²) in [4.78, 5) is 12.4. The Kier molecular flexibility index (Phi) is 4.86. The van der Waals surface area contributed by atoms with E-state index in [1.165, 1.54) is 5.56 Å². The molecule has 0 atom stereocenters. The van der Waals surface area contributed by atoms with Crippen LogP contribution in [0, 0.1) is 0 Å². The van der Waals surface area contributed by atoms with Gasteiger partial charge in [0.15, 0.2) is 0 Å². The fourth-order valence-electron chi connectivity index (χ4n) is 2.41. The van der Waals surface area contributed by atoms with Gasteiger partial charge in [0.2, 0.25) is 0 Å². The molecule has 2 rings (SSSR count). The van der Waals surface area contributed by atoms with E-state index < -0.39 is 0 Å². The van der Waals surface area contributed by atoms with Crippen molar-refractivity contribution in [1.82, 2.24) is 0 Å². The molecule has 3 N–H and O–H groups in total. The summed E-state index contributed by atoms with van der Waals surface area (Å²) in [5, 5.41) is 3.01. The number of hydrogen-bond acceptors (Lipinski definition) is 2. The summed E-state index contributed by atoms with van der Waals surface area (Å²) >= 11 is 0. The third-order valence-electron chi connectivity index (χ3n) is 3.76. The minimum atomic E-state index is -0.133. The molecule has 0 bridgehead atoms. The maximum Gasteiger partial charge on any atom is 0.255 e. The average Bonchev–Trinajstić information content (AvgIpc) is 2.47. The average molecular weight is 296 g/mol. The number of amides is 1. The Balaban J connectivity index is 2.30. The molecule has 22 heavy (non-hydrogen) atoms. The molecule has 0 fully saturated rings. The molecule has 3 nitrogen and oxygen atoms in total. The van der Waals surface area contributed by atoms with Gasteiger partial charge in [-0.2, -0.15) is 0 Å². The predicted molar refractivity (Wildman–Crippen MR) is 93.4 cm³/mol. The number of hydrogen-bond donors (Lipinski definition) is 2. The van der Waals surface area contributed by atoms with Crippen LogP contribution < -0.4 is 11.1 Å². The Morgan fingerprint density at radius 2 is 1.73 bits per heavy atom. The van der Waals surface area contributed by atoms with Gasteiger partial charge in [-0.05, 0) is 47.2 Å². The molecule has 0 aliphatic heterocycles. The highest BCUT2D eigenvalue weighted by molar-refractivity contribution is 6.05. The van der Waals surface area contributed by atoms with Gasteiger partial charge in [0.25, 0.3) is 5.91 Å². The fourth-order valence-corrected chi connectivity index (χ4v) is 2.41. The molecule has 1 amide bonds. The van der Waals surface area contributed by atoms with Crippen molar-refractivity contribution < 1.29 is 4.79 Å². The van der Waals surface area contributed by atoms with E-state index in [0.29, 0.717) is 23.1 Å². The van der Waals surface area contributed by atoms with Gasteiger partial charge < -0.3 is 11.1 Å². The lowest BCUT2D eigenvalue weighted by Crippen LogP contribution is -2.14. The number of nitrogens with two attached hydrogens (primary N) is 1. The summed E-state index contributed by atoms with van der Waals surface area (Å²) in [5.74, 6) is 0.678. The highest BCUT2D eigenvalue weighted by Gasteiger charge is 2.13. The first-order chi connectivity index (χ1) is 10.4. The summed E-state index contributed by atoms with van der Waals surface area (Å²) in [6.45, 7) is 8.61. The first kappa shape index (κ1) is 16.1. The van der Waals surface area contributed by atoms with Gasteiger partial charge in [-0.15, -0.1) is 0 Å². The van der Waals surface area contributed by atoms with Gasteiger partial charge >= 0.3 is 0 Å². The molecule has 2 aromatic rings. The zero-order valence-corrected chi connectivity index (χ0v) is 13.7. The third kappa shape index (κ3) is 3.67. The van der Waals surface area contributed by atoms with E-state index in [9.17, 15) is 4.79 Å². The Morgan fingerprint density at radius 1 is 1.00 bits per heavy atom. The van der Waals surface area contributed by atoms with Crippen LogP contribution in [0.5, 0.6) is 0 Å². The molecule has 2 aromatic carbocycles. The van der Waals surface area contributed by atoms with Crippen molar-refractivity contribution in [3.63, 3.8) is 0 Å². The lowest BCUT2D eigenvalue weighted by atomic mass is 9.94. The van der Waals surface area contributed by atoms with E-state index in [1.54, 1.807) is 24.3 Å². The normalized spacial score (nSPS) is 11.0. The second kappa shape index (κ2) is 6.65. The molecule has 3 heteroatoms. The van der Waals surface area contributed by atoms with Crippen LogP contribution in [0.1, 0.15) is 61.0 Å². The molecule has 0 heterocycles. The number of carbonyl (C=O) groups excluding carboxylic acids is 1. The van der Waals surface area contributed by atoms with E-state index in [0.717, 1.165) is 11.3 Å². The lowest BCUT2D eigenvalue weighted by molar-refractivity contribution is 0.102. The minimum absolute atomic E-state index is 0.133. The van der Waals surface area contributed by atoms with Crippen LogP contribution >= 0.6 is 0 Å². The van der Waals surface area contributed by atoms with Gasteiger partial charge in [-0.25, -0.2) is 0 Å². The number of anilines is 2. The Hall–Kier alpha value is -2.29. The quantitative estimate of drug-likeness (QED) is 0.799. The SMILES string of the molecule is CC(C)c1ccc(NC(=O)c2cccc(N)c2)c(C(C)C)c1. The number of rotatable bonds is 4. The summed E-state index contributed by atoms with van der Waals surface area (Å²) < 4.78 is 0. The van der Waals surface area contributed by atoms with E-state index in [-0.39, 0.29) is 5.91 Å². The molecule has 0 radical (unpaired) electrons. The van der Waals surface area contributed by atoms with Gasteiger partial charge in [-0.3, -0.25) is 4.79 Å². The first-order valence-corrected chi connectivity index (χ1v) is 7.69. The van der Waals surface area contributed by atoms with Gasteiger partial charge in [0, 0.05) is 16.9 Å². The van der Waals surface area contributed by atoms with Gasteiger partial charge in [0.1, 0.15) is 0 Å². The monoisotopic (exact) mass is 296 g/mol. The summed E-state index contributed by atoms with van der Waals surface area (Å²) in [7, 11) is 0. The molecular formula is C19H24N2O. The largest absolute Gasteiger partial charge is 0.399 e. The van der Waals surface area contributed by atoms with Crippen LogP contribution in [0.3, 0.4) is 0 Å². The van der Waals surface area contributed by atoms with Crippen LogP contribution in [0.4, 0.5) is 11.4 Å². The standard InChI is InChI=1S/C19H24N2O/c1-12(2)14-8-9-18(17(11-14)13(3)4)21-19(22)15-6-5-7-16(20)10-15/h5-13H,20H2,1-4H3,(H,21,22). The zero-order chi connectivity index (χ0) is 16.3. The molecule has 116 valence electrons. The van der Waals surface area contributed by atoms with Crippen LogP contribution in [-0.4, -0.2) is 5.91 Å². The van der Waals surface area contributed by atoms with Crippen molar-refractivity contribution in [2.45, 2.75) is 39.5 Å². The van der Waals surface area contributed by atoms with Crippen molar-refractivity contribution in [2.75, 3.05) is 11.1 Å². The van der Waals surface area contributed by atoms with E-state index in [1.807, 2.05) is 6.07 Å². The number of benzene rings is 2. The van der Waals surface area contributed by atoms with Crippen molar-refractivity contribution in [2.24, 2.45) is 0 Å². The summed E-state index contributed by atoms with van der Waals surface area (Å²) in [5.41, 5.74) is 10.2. The maximum absolute atomic E-state index is 12.4. The Labute approximate surface area is 132 Å². The topological polar surface area (TPSA) is 55.1 Å². The third-order valence-corrected chi connectivity index (χ3v) is 3.76. The summed E-state index contributed by atoms with van der Waals surface area (Å²) in [6, 6.07) is 13.3. The Bertz CT molecular complexity index is 675. The molecule has 0 unspecified atom stereocenters. The van der Waals surface area contributed by atoms with Crippen LogP contribution in [0.15, 0.2) is 42.5 Å². The van der Waals surface area contributed by atoms with Crippen molar-refractivity contribution in [3.05, 3.63) is 59.2 Å². The second-order valence-corrected chi connectivity index (χ2v) is 6.24. The molecule has 0 aliphatic rings. The molecular weight excluding hydrogens is 272 g/mol. The first-order valence-electron chi connectivity index (χ1n) is 7.69. The smallest absolute Gasteiger partial charge is 0.255 e. The van der Waals surface area contributed by atoms with Crippen LogP contribution in [0.25, 0.3) is 0 Å². The highest BCUT2D eigenvalue weighted by Crippen LogP contribution is 2.28. The minimum Gasteiger partial charge on any atom is -0.399 e. The van der Waals surface area contributed by atoms with E-state index in [4.69, 9.17) is 5.73 Å². The molecule has 0 saturated heterocycles. The lowest BCUT2D eigenvalue weighted by Gasteiger charge is -2.17. The fraction of sp³-hybridized carbons (Fsp3) is 0.316. The number of nitrogen functional groups attached to an aromatic ring is 1. The van der Waals surface area contributed by atoms with Crippen molar-refractivity contribution in [1.29, 1.82) is 0 Å².